The van der Waals surface area contributed by atoms with Gasteiger partial charge >= 0.3 is 0 Å². The number of thioether (sulfide) groups is 1. The fraction of sp³-hybridized carbons (Fsp3) is 0.412. The van der Waals surface area contributed by atoms with Crippen molar-refractivity contribution in [3.8, 4) is 0 Å². The number of hydrogen-bond acceptors (Lipinski definition) is 6. The molecule has 0 radical (unpaired) electrons. The third-order valence-corrected chi connectivity index (χ3v) is 6.24. The lowest BCUT2D eigenvalue weighted by Crippen LogP contribution is -2.12. The third kappa shape index (κ3) is 3.28. The fourth-order valence-electron chi connectivity index (χ4n) is 3.29. The van der Waals surface area contributed by atoms with E-state index in [-0.39, 0.29) is 5.56 Å². The van der Waals surface area contributed by atoms with Crippen LogP contribution in [-0.4, -0.2) is 24.1 Å². The highest BCUT2D eigenvalue weighted by Crippen LogP contribution is 2.34. The second-order valence-electron chi connectivity index (χ2n) is 6.15. The van der Waals surface area contributed by atoms with E-state index in [4.69, 9.17) is 0 Å². The second kappa shape index (κ2) is 7.13. The minimum atomic E-state index is -0.0407. The maximum Gasteiger partial charge on any atom is 0.258 e. The van der Waals surface area contributed by atoms with Crippen LogP contribution in [0.15, 0.2) is 40.2 Å². The Balaban J connectivity index is 1.57. The van der Waals surface area contributed by atoms with Crippen molar-refractivity contribution in [1.29, 1.82) is 0 Å². The van der Waals surface area contributed by atoms with Crippen molar-refractivity contribution in [3.63, 3.8) is 0 Å². The zero-order valence-corrected chi connectivity index (χ0v) is 15.4. The molecule has 0 bridgehead atoms. The summed E-state index contributed by atoms with van der Waals surface area (Å²) in [5.74, 6) is 2.18. The van der Waals surface area contributed by atoms with Crippen LogP contribution in [0.4, 0.5) is 0 Å². The molecule has 3 aromatic heterocycles. The van der Waals surface area contributed by atoms with Gasteiger partial charge in [0.25, 0.3) is 5.56 Å². The highest BCUT2D eigenvalue weighted by Gasteiger charge is 2.24. The van der Waals surface area contributed by atoms with E-state index in [0.29, 0.717) is 18.2 Å². The van der Waals surface area contributed by atoms with Crippen LogP contribution in [0, 0.1) is 0 Å². The van der Waals surface area contributed by atoms with Gasteiger partial charge < -0.3 is 4.57 Å². The van der Waals surface area contributed by atoms with Crippen molar-refractivity contribution >= 4 is 28.1 Å². The predicted octanol–water partition coefficient (Wildman–Crippen LogP) is 3.48. The van der Waals surface area contributed by atoms with E-state index in [0.717, 1.165) is 21.6 Å². The van der Waals surface area contributed by atoms with E-state index in [1.807, 2.05) is 11.5 Å². The van der Waals surface area contributed by atoms with Crippen LogP contribution in [0.2, 0.25) is 0 Å². The largest absolute Gasteiger partial charge is 0.302 e. The minimum absolute atomic E-state index is 0.0407. The summed E-state index contributed by atoms with van der Waals surface area (Å²) in [5.41, 5.74) is 0.731. The molecule has 3 heterocycles. The van der Waals surface area contributed by atoms with Gasteiger partial charge in [-0.05, 0) is 12.8 Å². The maximum absolute atomic E-state index is 12.1. The Hall–Kier alpha value is -1.93. The number of rotatable bonds is 6. The average molecular weight is 374 g/mol. The van der Waals surface area contributed by atoms with E-state index in [1.54, 1.807) is 28.4 Å². The van der Waals surface area contributed by atoms with Crippen LogP contribution in [0.25, 0.3) is 4.96 Å². The fourth-order valence-corrected chi connectivity index (χ4v) is 4.88. The Kier molecular flexibility index (Phi) is 4.72. The Morgan fingerprint density at radius 3 is 3.00 bits per heavy atom. The monoisotopic (exact) mass is 373 g/mol. The third-order valence-electron chi connectivity index (χ3n) is 4.48. The normalized spacial score (nSPS) is 15.2. The molecule has 0 atom stereocenters. The van der Waals surface area contributed by atoms with E-state index in [9.17, 15) is 4.79 Å². The molecule has 130 valence electrons. The van der Waals surface area contributed by atoms with Gasteiger partial charge in [-0.1, -0.05) is 30.7 Å². The van der Waals surface area contributed by atoms with Gasteiger partial charge in [-0.25, -0.2) is 4.98 Å². The number of allylic oxidation sites excluding steroid dienone is 1. The molecule has 0 saturated heterocycles. The molecule has 6 nitrogen and oxygen atoms in total. The summed E-state index contributed by atoms with van der Waals surface area (Å²) in [7, 11) is 0. The van der Waals surface area contributed by atoms with Crippen LogP contribution >= 0.6 is 23.1 Å². The van der Waals surface area contributed by atoms with Gasteiger partial charge in [0.15, 0.2) is 10.1 Å². The smallest absolute Gasteiger partial charge is 0.258 e. The van der Waals surface area contributed by atoms with Crippen molar-refractivity contribution < 1.29 is 0 Å². The summed E-state index contributed by atoms with van der Waals surface area (Å²) in [6.07, 6.45) is 8.54. The lowest BCUT2D eigenvalue weighted by molar-refractivity contribution is 0.594. The summed E-state index contributed by atoms with van der Waals surface area (Å²) in [4.78, 5) is 17.4. The Morgan fingerprint density at radius 1 is 1.36 bits per heavy atom. The number of nitrogens with zero attached hydrogens (tertiary/aromatic N) is 5. The predicted molar refractivity (Wildman–Crippen MR) is 100 cm³/mol. The molecule has 1 saturated carbocycles. The highest BCUT2D eigenvalue weighted by atomic mass is 32.2. The van der Waals surface area contributed by atoms with Gasteiger partial charge in [-0.15, -0.1) is 28.1 Å². The second-order valence-corrected chi connectivity index (χ2v) is 7.97. The van der Waals surface area contributed by atoms with Gasteiger partial charge in [0.2, 0.25) is 0 Å². The molecule has 1 fully saturated rings. The number of thiazole rings is 1. The highest BCUT2D eigenvalue weighted by molar-refractivity contribution is 7.98. The number of aromatic nitrogens is 5. The van der Waals surface area contributed by atoms with Gasteiger partial charge in [0.05, 0.1) is 5.69 Å². The number of fused-ring (bicyclic) bond motifs is 1. The van der Waals surface area contributed by atoms with Gasteiger partial charge in [-0.3, -0.25) is 9.20 Å². The molecule has 0 amide bonds. The van der Waals surface area contributed by atoms with Gasteiger partial charge in [0.1, 0.15) is 5.82 Å². The van der Waals surface area contributed by atoms with Gasteiger partial charge in [-0.2, -0.15) is 0 Å². The van der Waals surface area contributed by atoms with Crippen LogP contribution in [0.5, 0.6) is 0 Å². The number of hydrogen-bond donors (Lipinski definition) is 0. The summed E-state index contributed by atoms with van der Waals surface area (Å²) in [6.45, 7) is 4.57. The molecule has 0 N–H and O–H groups in total. The minimum Gasteiger partial charge on any atom is -0.302 e. The van der Waals surface area contributed by atoms with Crippen LogP contribution in [0.3, 0.4) is 0 Å². The topological polar surface area (TPSA) is 65.1 Å². The first-order valence-electron chi connectivity index (χ1n) is 8.39. The van der Waals surface area contributed by atoms with Crippen molar-refractivity contribution in [2.45, 2.75) is 49.1 Å². The molecule has 1 aliphatic rings. The van der Waals surface area contributed by atoms with E-state index >= 15 is 0 Å². The Morgan fingerprint density at radius 2 is 2.20 bits per heavy atom. The van der Waals surface area contributed by atoms with Crippen LogP contribution in [-0.2, 0) is 12.3 Å². The molecule has 1 aliphatic carbocycles. The molecule has 0 aliphatic heterocycles. The van der Waals surface area contributed by atoms with Crippen molar-refractivity contribution in [3.05, 3.63) is 52.2 Å². The van der Waals surface area contributed by atoms with Gasteiger partial charge in [0, 0.05) is 35.9 Å². The lowest BCUT2D eigenvalue weighted by Gasteiger charge is -2.11. The molecular weight excluding hydrogens is 354 g/mol. The summed E-state index contributed by atoms with van der Waals surface area (Å²) < 4.78 is 3.72. The standard InChI is InChI=1S/C17H19N5OS2/c1-2-7-22-15(12-5-3-4-6-12)19-20-17(22)25-11-13-10-14(23)21-8-9-24-16(21)18-13/h2,8-10,12H,1,3-7,11H2. The maximum atomic E-state index is 12.1. The quantitative estimate of drug-likeness (QED) is 0.489. The first kappa shape index (κ1) is 16.5. The summed E-state index contributed by atoms with van der Waals surface area (Å²) >= 11 is 3.04. The molecule has 0 aromatic carbocycles. The van der Waals surface area contributed by atoms with Crippen LogP contribution in [0.1, 0.15) is 43.1 Å². The first-order valence-corrected chi connectivity index (χ1v) is 10.3. The molecule has 3 aromatic rings. The molecule has 8 heteroatoms. The zero-order valence-electron chi connectivity index (χ0n) is 13.8. The van der Waals surface area contributed by atoms with Crippen molar-refractivity contribution in [2.24, 2.45) is 0 Å². The SMILES string of the molecule is C=CCn1c(SCc2cc(=O)n3ccsc3n2)nnc1C1CCCC1. The van der Waals surface area contributed by atoms with Crippen molar-refractivity contribution in [1.82, 2.24) is 24.1 Å². The molecule has 0 unspecified atom stereocenters. The molecule has 0 spiro atoms. The molecule has 25 heavy (non-hydrogen) atoms. The lowest BCUT2D eigenvalue weighted by atomic mass is 10.1. The van der Waals surface area contributed by atoms with E-state index in [1.165, 1.54) is 37.0 Å². The zero-order chi connectivity index (χ0) is 17.2. The van der Waals surface area contributed by atoms with E-state index < -0.39 is 0 Å². The summed E-state index contributed by atoms with van der Waals surface area (Å²) in [6, 6.07) is 1.60. The van der Waals surface area contributed by atoms with Crippen molar-refractivity contribution in [2.75, 3.05) is 0 Å². The Bertz CT molecular complexity index is 952. The first-order chi connectivity index (χ1) is 12.3. The van der Waals surface area contributed by atoms with Crippen LogP contribution < -0.4 is 5.56 Å². The molecule has 4 rings (SSSR count). The Labute approximate surface area is 153 Å². The average Bonchev–Trinajstić information content (AvgIpc) is 3.34. The summed E-state index contributed by atoms with van der Waals surface area (Å²) in [5, 5.41) is 11.6. The van der Waals surface area contributed by atoms with E-state index in [2.05, 4.69) is 26.3 Å². The molecular formula is C17H19N5OS2.